The van der Waals surface area contributed by atoms with Crippen LogP contribution in [0, 0.1) is 0 Å². The van der Waals surface area contributed by atoms with E-state index in [1.165, 1.54) is 4.90 Å². The molecule has 1 amide bonds. The lowest BCUT2D eigenvalue weighted by Gasteiger charge is -2.14. The van der Waals surface area contributed by atoms with E-state index in [1.807, 2.05) is 0 Å². The summed E-state index contributed by atoms with van der Waals surface area (Å²) in [6.45, 7) is 0.387. The van der Waals surface area contributed by atoms with Gasteiger partial charge in [0, 0.05) is 25.9 Å². The third-order valence-electron chi connectivity index (χ3n) is 2.89. The number of carbonyl (C=O) groups excluding carboxylic acids is 1. The second kappa shape index (κ2) is 5.16. The van der Waals surface area contributed by atoms with Crippen LogP contribution in [0.3, 0.4) is 0 Å². The number of aliphatic carboxylic acids is 1. The molecule has 2 rings (SSSR count). The van der Waals surface area contributed by atoms with E-state index in [1.54, 1.807) is 7.05 Å². The first-order valence-electron chi connectivity index (χ1n) is 5.97. The van der Waals surface area contributed by atoms with Crippen molar-refractivity contribution in [1.29, 1.82) is 0 Å². The van der Waals surface area contributed by atoms with Gasteiger partial charge < -0.3 is 10.0 Å². The summed E-state index contributed by atoms with van der Waals surface area (Å²) in [6.07, 6.45) is 2.67. The van der Waals surface area contributed by atoms with Crippen molar-refractivity contribution < 1.29 is 14.7 Å². The molecule has 0 saturated heterocycles. The average molecular weight is 252 g/mol. The smallest absolute Gasteiger partial charge is 0.303 e. The highest BCUT2D eigenvalue weighted by atomic mass is 16.4. The van der Waals surface area contributed by atoms with Gasteiger partial charge in [0.25, 0.3) is 5.91 Å². The highest BCUT2D eigenvalue weighted by Gasteiger charge is 2.28. The molecule has 7 heteroatoms. The molecule has 98 valence electrons. The minimum absolute atomic E-state index is 0.0545. The number of nitrogens with one attached hydrogen (secondary N) is 1. The van der Waals surface area contributed by atoms with E-state index in [0.29, 0.717) is 18.9 Å². The third kappa shape index (κ3) is 3.06. The summed E-state index contributed by atoms with van der Waals surface area (Å²) in [4.78, 5) is 27.9. The number of carboxylic acids is 1. The Labute approximate surface area is 104 Å². The fourth-order valence-corrected chi connectivity index (χ4v) is 1.65. The van der Waals surface area contributed by atoms with Crippen molar-refractivity contribution in [3.63, 3.8) is 0 Å². The molecule has 2 N–H and O–H groups in total. The molecule has 1 saturated carbocycles. The zero-order chi connectivity index (χ0) is 13.1. The zero-order valence-corrected chi connectivity index (χ0v) is 10.2. The molecule has 0 unspecified atom stereocenters. The summed E-state index contributed by atoms with van der Waals surface area (Å²) in [6, 6.07) is 0. The highest BCUT2D eigenvalue weighted by Crippen LogP contribution is 2.37. The number of aromatic amines is 1. The van der Waals surface area contributed by atoms with E-state index >= 15 is 0 Å². The van der Waals surface area contributed by atoms with Gasteiger partial charge in [0.15, 0.2) is 0 Å². The van der Waals surface area contributed by atoms with Crippen LogP contribution in [0.1, 0.15) is 48.0 Å². The maximum atomic E-state index is 11.9. The Morgan fingerprint density at radius 2 is 2.22 bits per heavy atom. The SMILES string of the molecule is CN(CCCC(=O)O)C(=O)c1n[nH]c(C2CC2)n1. The Bertz CT molecular complexity index is 453. The van der Waals surface area contributed by atoms with E-state index in [0.717, 1.165) is 18.7 Å². The molecule has 1 aliphatic carbocycles. The standard InChI is InChI=1S/C11H16N4O3/c1-15(6-2-3-8(16)17)11(18)10-12-9(13-14-10)7-4-5-7/h7H,2-6H2,1H3,(H,16,17)(H,12,13,14). The molecule has 7 nitrogen and oxygen atoms in total. The first-order chi connectivity index (χ1) is 8.58. The van der Waals surface area contributed by atoms with Gasteiger partial charge in [-0.3, -0.25) is 14.7 Å². The molecule has 1 fully saturated rings. The van der Waals surface area contributed by atoms with Gasteiger partial charge >= 0.3 is 5.97 Å². The van der Waals surface area contributed by atoms with Crippen molar-refractivity contribution in [2.75, 3.05) is 13.6 Å². The van der Waals surface area contributed by atoms with Crippen LogP contribution in [0.2, 0.25) is 0 Å². The molecular formula is C11H16N4O3. The molecule has 0 atom stereocenters. The van der Waals surface area contributed by atoms with Gasteiger partial charge in [-0.05, 0) is 19.3 Å². The number of hydrogen-bond donors (Lipinski definition) is 2. The molecule has 0 aromatic carbocycles. The van der Waals surface area contributed by atoms with Crippen LogP contribution < -0.4 is 0 Å². The fraction of sp³-hybridized carbons (Fsp3) is 0.636. The number of carboxylic acid groups (broad SMARTS) is 1. The minimum Gasteiger partial charge on any atom is -0.481 e. The monoisotopic (exact) mass is 252 g/mol. The summed E-state index contributed by atoms with van der Waals surface area (Å²) in [5.74, 6) is 0.233. The number of rotatable bonds is 6. The molecule has 0 radical (unpaired) electrons. The van der Waals surface area contributed by atoms with Gasteiger partial charge in [0.05, 0.1) is 0 Å². The van der Waals surface area contributed by atoms with Crippen LogP contribution in [0.25, 0.3) is 0 Å². The third-order valence-corrected chi connectivity index (χ3v) is 2.89. The Balaban J connectivity index is 1.86. The lowest BCUT2D eigenvalue weighted by atomic mass is 10.3. The van der Waals surface area contributed by atoms with Crippen LogP contribution in [-0.2, 0) is 4.79 Å². The van der Waals surface area contributed by atoms with Crippen LogP contribution in [0.5, 0.6) is 0 Å². The molecule has 0 aliphatic heterocycles. The summed E-state index contributed by atoms with van der Waals surface area (Å²) in [5, 5.41) is 15.2. The Morgan fingerprint density at radius 3 is 2.83 bits per heavy atom. The fourth-order valence-electron chi connectivity index (χ4n) is 1.65. The normalized spacial score (nSPS) is 14.5. The average Bonchev–Trinajstić information content (AvgIpc) is 3.06. The molecule has 1 heterocycles. The first kappa shape index (κ1) is 12.5. The number of carbonyl (C=O) groups is 2. The van der Waals surface area contributed by atoms with Crippen LogP contribution in [0.4, 0.5) is 0 Å². The van der Waals surface area contributed by atoms with Gasteiger partial charge in [-0.25, -0.2) is 4.98 Å². The van der Waals surface area contributed by atoms with Gasteiger partial charge in [0.2, 0.25) is 5.82 Å². The zero-order valence-electron chi connectivity index (χ0n) is 10.2. The van der Waals surface area contributed by atoms with Crippen LogP contribution in [-0.4, -0.2) is 50.7 Å². The topological polar surface area (TPSA) is 99.2 Å². The molecule has 1 aliphatic rings. The van der Waals surface area contributed by atoms with Crippen molar-refractivity contribution in [2.45, 2.75) is 31.6 Å². The second-order valence-corrected chi connectivity index (χ2v) is 4.54. The molecule has 1 aromatic rings. The lowest BCUT2D eigenvalue weighted by Crippen LogP contribution is -2.29. The van der Waals surface area contributed by atoms with Gasteiger partial charge in [0.1, 0.15) is 5.82 Å². The number of H-pyrrole nitrogens is 1. The van der Waals surface area contributed by atoms with Crippen molar-refractivity contribution in [2.24, 2.45) is 0 Å². The van der Waals surface area contributed by atoms with Crippen molar-refractivity contribution in [3.05, 3.63) is 11.6 Å². The van der Waals surface area contributed by atoms with Crippen LogP contribution >= 0.6 is 0 Å². The van der Waals surface area contributed by atoms with E-state index in [9.17, 15) is 9.59 Å². The molecular weight excluding hydrogens is 236 g/mol. The van der Waals surface area contributed by atoms with Gasteiger partial charge in [-0.1, -0.05) is 0 Å². The van der Waals surface area contributed by atoms with Gasteiger partial charge in [-0.15, -0.1) is 5.10 Å². The Hall–Kier alpha value is -1.92. The number of nitrogens with zero attached hydrogens (tertiary/aromatic N) is 3. The number of aromatic nitrogens is 3. The number of hydrogen-bond acceptors (Lipinski definition) is 4. The van der Waals surface area contributed by atoms with Crippen molar-refractivity contribution in [1.82, 2.24) is 20.1 Å². The maximum Gasteiger partial charge on any atom is 0.303 e. The molecule has 1 aromatic heterocycles. The highest BCUT2D eigenvalue weighted by molar-refractivity contribution is 5.90. The first-order valence-corrected chi connectivity index (χ1v) is 5.97. The molecule has 0 spiro atoms. The molecule has 0 bridgehead atoms. The minimum atomic E-state index is -0.857. The largest absolute Gasteiger partial charge is 0.481 e. The second-order valence-electron chi connectivity index (χ2n) is 4.54. The van der Waals surface area contributed by atoms with Crippen molar-refractivity contribution in [3.8, 4) is 0 Å². The Morgan fingerprint density at radius 1 is 1.50 bits per heavy atom. The predicted molar refractivity (Wildman–Crippen MR) is 62.2 cm³/mol. The quantitative estimate of drug-likeness (QED) is 0.773. The summed E-state index contributed by atoms with van der Waals surface area (Å²) in [5.41, 5.74) is 0. The van der Waals surface area contributed by atoms with Crippen molar-refractivity contribution >= 4 is 11.9 Å². The molecule has 18 heavy (non-hydrogen) atoms. The van der Waals surface area contributed by atoms with Gasteiger partial charge in [-0.2, -0.15) is 0 Å². The summed E-state index contributed by atoms with van der Waals surface area (Å²) < 4.78 is 0. The summed E-state index contributed by atoms with van der Waals surface area (Å²) in [7, 11) is 1.62. The van der Waals surface area contributed by atoms with E-state index in [2.05, 4.69) is 15.2 Å². The van der Waals surface area contributed by atoms with E-state index in [-0.39, 0.29) is 18.2 Å². The van der Waals surface area contributed by atoms with E-state index < -0.39 is 5.97 Å². The predicted octanol–water partition coefficient (Wildman–Crippen LogP) is 0.619. The summed E-state index contributed by atoms with van der Waals surface area (Å²) >= 11 is 0. The maximum absolute atomic E-state index is 11.9. The number of amides is 1. The van der Waals surface area contributed by atoms with E-state index in [4.69, 9.17) is 5.11 Å². The van der Waals surface area contributed by atoms with Crippen LogP contribution in [0.15, 0.2) is 0 Å². The Kier molecular flexibility index (Phi) is 3.59. The lowest BCUT2D eigenvalue weighted by molar-refractivity contribution is -0.137.